The van der Waals surface area contributed by atoms with Gasteiger partial charge in [-0.3, -0.25) is 4.68 Å². The maximum Gasteiger partial charge on any atom is 0.356 e. The molecular formula is C11H13N5O2. The maximum absolute atomic E-state index is 10.6. The summed E-state index contributed by atoms with van der Waals surface area (Å²) < 4.78 is 1.72. The van der Waals surface area contributed by atoms with Gasteiger partial charge in [0.1, 0.15) is 0 Å². The van der Waals surface area contributed by atoms with Crippen molar-refractivity contribution in [3.05, 3.63) is 35.8 Å². The first-order valence-corrected chi connectivity index (χ1v) is 5.32. The van der Waals surface area contributed by atoms with Crippen molar-refractivity contribution in [1.29, 1.82) is 0 Å². The molecule has 0 aliphatic carbocycles. The first kappa shape index (κ1) is 12.0. The molecule has 2 heterocycles. The Bertz CT molecular complexity index is 549. The van der Waals surface area contributed by atoms with Crippen molar-refractivity contribution in [2.24, 2.45) is 7.05 Å². The molecule has 0 spiro atoms. The largest absolute Gasteiger partial charge is 0.476 e. The Balaban J connectivity index is 2.09. The van der Waals surface area contributed by atoms with Gasteiger partial charge in [-0.25, -0.2) is 4.79 Å². The molecule has 18 heavy (non-hydrogen) atoms. The van der Waals surface area contributed by atoms with E-state index in [2.05, 4.69) is 15.3 Å². The molecule has 0 bridgehead atoms. The van der Waals surface area contributed by atoms with Crippen LogP contribution in [0.15, 0.2) is 24.5 Å². The summed E-state index contributed by atoms with van der Waals surface area (Å²) in [6.45, 7) is 0.634. The van der Waals surface area contributed by atoms with E-state index in [1.54, 1.807) is 16.9 Å². The van der Waals surface area contributed by atoms with Crippen molar-refractivity contribution in [2.45, 2.75) is 6.54 Å². The molecule has 0 atom stereocenters. The summed E-state index contributed by atoms with van der Waals surface area (Å²) in [7, 11) is 3.71. The highest BCUT2D eigenvalue weighted by Gasteiger charge is 2.08. The summed E-state index contributed by atoms with van der Waals surface area (Å²) in [5.41, 5.74) is 0.984. The number of carbonyl (C=O) groups is 1. The number of carboxylic acid groups (broad SMARTS) is 1. The number of rotatable bonds is 4. The molecule has 0 aromatic carbocycles. The monoisotopic (exact) mass is 247 g/mol. The molecule has 0 aliphatic rings. The normalized spacial score (nSPS) is 10.3. The summed E-state index contributed by atoms with van der Waals surface area (Å²) in [6, 6.07) is 3.07. The van der Waals surface area contributed by atoms with E-state index in [1.807, 2.05) is 25.2 Å². The summed E-state index contributed by atoms with van der Waals surface area (Å²) in [6.07, 6.45) is 3.69. The molecule has 0 amide bonds. The number of hydrogen-bond donors (Lipinski definition) is 1. The highest BCUT2D eigenvalue weighted by Crippen LogP contribution is 2.11. The van der Waals surface area contributed by atoms with Crippen LogP contribution >= 0.6 is 0 Å². The van der Waals surface area contributed by atoms with Gasteiger partial charge in [-0.1, -0.05) is 0 Å². The summed E-state index contributed by atoms with van der Waals surface area (Å²) >= 11 is 0. The molecule has 94 valence electrons. The van der Waals surface area contributed by atoms with E-state index in [0.29, 0.717) is 12.4 Å². The molecule has 0 radical (unpaired) electrons. The van der Waals surface area contributed by atoms with E-state index >= 15 is 0 Å². The Morgan fingerprint density at radius 1 is 1.44 bits per heavy atom. The molecule has 0 saturated heterocycles. The minimum absolute atomic E-state index is 0.0615. The second-order valence-electron chi connectivity index (χ2n) is 3.96. The number of aromatic carboxylic acids is 1. The van der Waals surface area contributed by atoms with Crippen LogP contribution in [0.25, 0.3) is 0 Å². The highest BCUT2D eigenvalue weighted by molar-refractivity contribution is 5.85. The first-order chi connectivity index (χ1) is 8.56. The first-order valence-electron chi connectivity index (χ1n) is 5.32. The third kappa shape index (κ3) is 2.62. The number of aromatic nitrogens is 4. The van der Waals surface area contributed by atoms with E-state index < -0.39 is 5.97 Å². The van der Waals surface area contributed by atoms with Crippen molar-refractivity contribution in [3.63, 3.8) is 0 Å². The van der Waals surface area contributed by atoms with Crippen LogP contribution in [0.4, 0.5) is 5.82 Å². The molecule has 2 rings (SSSR count). The third-order valence-corrected chi connectivity index (χ3v) is 2.44. The number of anilines is 1. The van der Waals surface area contributed by atoms with Crippen molar-refractivity contribution < 1.29 is 9.90 Å². The van der Waals surface area contributed by atoms with Crippen LogP contribution in [0.1, 0.15) is 16.1 Å². The van der Waals surface area contributed by atoms with E-state index in [9.17, 15) is 4.79 Å². The SMILES string of the molecule is CN(Cc1cnn(C)c1)c1ccc(C(=O)O)nn1. The van der Waals surface area contributed by atoms with Gasteiger partial charge < -0.3 is 10.0 Å². The standard InChI is InChI=1S/C11H13N5O2/c1-15(6-8-5-12-16(2)7-8)10-4-3-9(11(17)18)13-14-10/h3-5,7H,6H2,1-2H3,(H,17,18). The molecule has 0 aliphatic heterocycles. The zero-order valence-corrected chi connectivity index (χ0v) is 10.1. The molecule has 0 saturated carbocycles. The Hall–Kier alpha value is -2.44. The topological polar surface area (TPSA) is 84.1 Å². The third-order valence-electron chi connectivity index (χ3n) is 2.44. The highest BCUT2D eigenvalue weighted by atomic mass is 16.4. The molecule has 0 fully saturated rings. The minimum Gasteiger partial charge on any atom is -0.476 e. The van der Waals surface area contributed by atoms with Crippen LogP contribution in [0.2, 0.25) is 0 Å². The quantitative estimate of drug-likeness (QED) is 0.849. The van der Waals surface area contributed by atoms with Gasteiger partial charge in [0.2, 0.25) is 0 Å². The Kier molecular flexibility index (Phi) is 3.22. The molecule has 0 unspecified atom stereocenters. The molecule has 7 nitrogen and oxygen atoms in total. The molecule has 7 heteroatoms. The number of nitrogens with zero attached hydrogens (tertiary/aromatic N) is 5. The molecule has 1 N–H and O–H groups in total. The lowest BCUT2D eigenvalue weighted by atomic mass is 10.3. The van der Waals surface area contributed by atoms with Gasteiger partial charge in [0.15, 0.2) is 11.5 Å². The number of aryl methyl sites for hydroxylation is 1. The van der Waals surface area contributed by atoms with Gasteiger partial charge in [-0.05, 0) is 12.1 Å². The number of hydrogen-bond acceptors (Lipinski definition) is 5. The van der Waals surface area contributed by atoms with E-state index in [-0.39, 0.29) is 5.69 Å². The fraction of sp³-hybridized carbons (Fsp3) is 0.273. The predicted molar refractivity (Wildman–Crippen MR) is 64.3 cm³/mol. The van der Waals surface area contributed by atoms with Gasteiger partial charge in [-0.15, -0.1) is 10.2 Å². The van der Waals surface area contributed by atoms with Gasteiger partial charge in [0.25, 0.3) is 0 Å². The van der Waals surface area contributed by atoms with Crippen LogP contribution in [0, 0.1) is 0 Å². The lowest BCUT2D eigenvalue weighted by Gasteiger charge is -2.16. The smallest absolute Gasteiger partial charge is 0.356 e. The van der Waals surface area contributed by atoms with Crippen molar-refractivity contribution in [1.82, 2.24) is 20.0 Å². The second kappa shape index (κ2) is 4.82. The lowest BCUT2D eigenvalue weighted by molar-refractivity contribution is 0.0689. The van der Waals surface area contributed by atoms with Crippen molar-refractivity contribution in [2.75, 3.05) is 11.9 Å². The summed E-state index contributed by atoms with van der Waals surface area (Å²) in [4.78, 5) is 12.5. The average Bonchev–Trinajstić information content (AvgIpc) is 2.75. The van der Waals surface area contributed by atoms with E-state index in [4.69, 9.17) is 5.11 Å². The number of carboxylic acids is 1. The zero-order chi connectivity index (χ0) is 13.1. The van der Waals surface area contributed by atoms with Gasteiger partial charge in [0, 0.05) is 32.4 Å². The fourth-order valence-electron chi connectivity index (χ4n) is 1.55. The summed E-state index contributed by atoms with van der Waals surface area (Å²) in [5, 5.41) is 20.3. The van der Waals surface area contributed by atoms with Crippen LogP contribution in [-0.2, 0) is 13.6 Å². The van der Waals surface area contributed by atoms with Gasteiger partial charge >= 0.3 is 5.97 Å². The Labute approximate surface area is 104 Å². The zero-order valence-electron chi connectivity index (χ0n) is 10.1. The molecular weight excluding hydrogens is 234 g/mol. The average molecular weight is 247 g/mol. The van der Waals surface area contributed by atoms with Crippen LogP contribution in [0.3, 0.4) is 0 Å². The van der Waals surface area contributed by atoms with Crippen molar-refractivity contribution >= 4 is 11.8 Å². The van der Waals surface area contributed by atoms with Gasteiger partial charge in [-0.2, -0.15) is 5.10 Å². The fourth-order valence-corrected chi connectivity index (χ4v) is 1.55. The molecule has 2 aromatic heterocycles. The lowest BCUT2D eigenvalue weighted by Crippen LogP contribution is -2.18. The molecule has 2 aromatic rings. The predicted octanol–water partition coefficient (Wildman–Crippen LogP) is 0.545. The van der Waals surface area contributed by atoms with Crippen LogP contribution < -0.4 is 4.90 Å². The minimum atomic E-state index is -1.08. The van der Waals surface area contributed by atoms with Crippen LogP contribution in [0.5, 0.6) is 0 Å². The van der Waals surface area contributed by atoms with E-state index in [1.165, 1.54) is 6.07 Å². The Morgan fingerprint density at radius 2 is 2.22 bits per heavy atom. The van der Waals surface area contributed by atoms with Crippen LogP contribution in [-0.4, -0.2) is 38.1 Å². The summed E-state index contributed by atoms with van der Waals surface area (Å²) in [5.74, 6) is -0.465. The van der Waals surface area contributed by atoms with Crippen molar-refractivity contribution in [3.8, 4) is 0 Å². The second-order valence-corrected chi connectivity index (χ2v) is 3.96. The maximum atomic E-state index is 10.6. The van der Waals surface area contributed by atoms with E-state index in [0.717, 1.165) is 5.56 Å². The van der Waals surface area contributed by atoms with Gasteiger partial charge in [0.05, 0.1) is 6.20 Å². The Morgan fingerprint density at radius 3 is 2.72 bits per heavy atom.